The Morgan fingerprint density at radius 3 is 3.24 bits per heavy atom. The molecule has 0 bridgehead atoms. The number of halogens is 1. The summed E-state index contributed by atoms with van der Waals surface area (Å²) < 4.78 is 18.1. The van der Waals surface area contributed by atoms with Gasteiger partial charge in [0, 0.05) is 6.04 Å². The molecular weight excluding hydrogens is 217 g/mol. The van der Waals surface area contributed by atoms with Crippen LogP contribution in [0.2, 0.25) is 0 Å². The molecule has 2 nitrogen and oxygen atoms in total. The normalized spacial score (nSPS) is 17.8. The molecule has 0 amide bonds. The third kappa shape index (κ3) is 3.07. The summed E-state index contributed by atoms with van der Waals surface area (Å²) in [4.78, 5) is 0. The largest absolute Gasteiger partial charge is 0.502 e. The van der Waals surface area contributed by atoms with Crippen molar-refractivity contribution in [3.05, 3.63) is 48.0 Å². The van der Waals surface area contributed by atoms with Gasteiger partial charge in [0.2, 0.25) is 0 Å². The highest BCUT2D eigenvalue weighted by molar-refractivity contribution is 5.34. The van der Waals surface area contributed by atoms with Crippen LogP contribution >= 0.6 is 0 Å². The maximum atomic E-state index is 13.0. The second-order valence-corrected chi connectivity index (χ2v) is 4.28. The number of hydrogen-bond donors (Lipinski definition) is 1. The molecule has 1 aromatic carbocycles. The molecule has 1 aromatic rings. The first-order valence-corrected chi connectivity index (χ1v) is 6.05. The molecule has 0 aromatic heterocycles. The Balaban J connectivity index is 1.83. The summed E-state index contributed by atoms with van der Waals surface area (Å²) in [5.74, 6) is -0.135. The summed E-state index contributed by atoms with van der Waals surface area (Å²) in [6.45, 7) is 5.10. The standard InChI is InChI=1S/C14H18FNO/c1-2-17-9-3-8-16-14-7-4-11-10-12(15)5-6-13(11)14/h2,5-6,10,14,16H,1,3-4,7-9H2. The quantitative estimate of drug-likeness (QED) is 0.604. The van der Waals surface area contributed by atoms with Gasteiger partial charge in [-0.3, -0.25) is 0 Å². The molecule has 0 fully saturated rings. The van der Waals surface area contributed by atoms with Gasteiger partial charge in [-0.2, -0.15) is 0 Å². The van der Waals surface area contributed by atoms with Crippen LogP contribution in [0.5, 0.6) is 0 Å². The topological polar surface area (TPSA) is 21.3 Å². The van der Waals surface area contributed by atoms with Gasteiger partial charge in [-0.05, 0) is 49.1 Å². The lowest BCUT2D eigenvalue weighted by atomic mass is 10.1. The molecule has 1 unspecified atom stereocenters. The zero-order valence-corrected chi connectivity index (χ0v) is 9.92. The molecule has 0 heterocycles. The smallest absolute Gasteiger partial charge is 0.123 e. The van der Waals surface area contributed by atoms with E-state index in [-0.39, 0.29) is 5.82 Å². The van der Waals surface area contributed by atoms with Crippen LogP contribution in [-0.4, -0.2) is 13.2 Å². The number of aryl methyl sites for hydroxylation is 1. The number of benzene rings is 1. The molecule has 92 valence electrons. The fraction of sp³-hybridized carbons (Fsp3) is 0.429. The molecule has 17 heavy (non-hydrogen) atoms. The number of nitrogens with one attached hydrogen (secondary N) is 1. The van der Waals surface area contributed by atoms with E-state index < -0.39 is 0 Å². The van der Waals surface area contributed by atoms with Crippen molar-refractivity contribution in [2.75, 3.05) is 13.2 Å². The average Bonchev–Trinajstić information content (AvgIpc) is 2.71. The van der Waals surface area contributed by atoms with Crippen LogP contribution in [0.1, 0.15) is 30.0 Å². The molecular formula is C14H18FNO. The summed E-state index contributed by atoms with van der Waals surface area (Å²) in [5.41, 5.74) is 2.39. The number of fused-ring (bicyclic) bond motifs is 1. The van der Waals surface area contributed by atoms with Gasteiger partial charge in [-0.25, -0.2) is 4.39 Å². The lowest BCUT2D eigenvalue weighted by molar-refractivity contribution is 0.243. The highest BCUT2D eigenvalue weighted by atomic mass is 19.1. The van der Waals surface area contributed by atoms with E-state index in [2.05, 4.69) is 11.9 Å². The summed E-state index contributed by atoms with van der Waals surface area (Å²) in [6.07, 6.45) is 4.45. The van der Waals surface area contributed by atoms with E-state index in [0.29, 0.717) is 12.6 Å². The third-order valence-corrected chi connectivity index (χ3v) is 3.13. The second kappa shape index (κ2) is 5.82. The maximum absolute atomic E-state index is 13.0. The Kier molecular flexibility index (Phi) is 4.15. The fourth-order valence-electron chi connectivity index (χ4n) is 2.31. The van der Waals surface area contributed by atoms with E-state index in [0.717, 1.165) is 31.4 Å². The SMILES string of the molecule is C=COCCCNC1CCc2cc(F)ccc21. The predicted octanol–water partition coefficient (Wildman–Crippen LogP) is 2.95. The Bertz CT molecular complexity index is 392. The second-order valence-electron chi connectivity index (χ2n) is 4.28. The van der Waals surface area contributed by atoms with E-state index in [4.69, 9.17) is 4.74 Å². The minimum absolute atomic E-state index is 0.135. The molecule has 1 aliphatic rings. The molecule has 0 saturated heterocycles. The summed E-state index contributed by atoms with van der Waals surface area (Å²) in [6, 6.07) is 5.46. The van der Waals surface area contributed by atoms with E-state index in [9.17, 15) is 4.39 Å². The minimum atomic E-state index is -0.135. The number of ether oxygens (including phenoxy) is 1. The fourth-order valence-corrected chi connectivity index (χ4v) is 2.31. The average molecular weight is 235 g/mol. The molecule has 1 aliphatic carbocycles. The van der Waals surface area contributed by atoms with E-state index in [1.54, 1.807) is 12.1 Å². The lowest BCUT2D eigenvalue weighted by Gasteiger charge is -2.13. The Morgan fingerprint density at radius 2 is 2.41 bits per heavy atom. The highest BCUT2D eigenvalue weighted by Gasteiger charge is 2.21. The molecule has 0 radical (unpaired) electrons. The lowest BCUT2D eigenvalue weighted by Crippen LogP contribution is -2.21. The van der Waals surface area contributed by atoms with Crippen molar-refractivity contribution in [2.45, 2.75) is 25.3 Å². The maximum Gasteiger partial charge on any atom is 0.123 e. The zero-order chi connectivity index (χ0) is 12.1. The van der Waals surface area contributed by atoms with Gasteiger partial charge in [-0.1, -0.05) is 12.6 Å². The first-order valence-electron chi connectivity index (χ1n) is 6.05. The van der Waals surface area contributed by atoms with Crippen molar-refractivity contribution in [2.24, 2.45) is 0 Å². The summed E-state index contributed by atoms with van der Waals surface area (Å²) >= 11 is 0. The van der Waals surface area contributed by atoms with Crippen LogP contribution in [0, 0.1) is 5.82 Å². The zero-order valence-electron chi connectivity index (χ0n) is 9.92. The summed E-state index contributed by atoms with van der Waals surface area (Å²) in [5, 5.41) is 3.48. The van der Waals surface area contributed by atoms with Gasteiger partial charge in [0.05, 0.1) is 12.9 Å². The molecule has 2 rings (SSSR count). The Labute approximate surface area is 101 Å². The molecule has 0 saturated carbocycles. The van der Waals surface area contributed by atoms with Gasteiger partial charge >= 0.3 is 0 Å². The Hall–Kier alpha value is -1.35. The minimum Gasteiger partial charge on any atom is -0.502 e. The highest BCUT2D eigenvalue weighted by Crippen LogP contribution is 2.31. The van der Waals surface area contributed by atoms with Crippen LogP contribution in [0.25, 0.3) is 0 Å². The monoisotopic (exact) mass is 235 g/mol. The number of hydrogen-bond acceptors (Lipinski definition) is 2. The van der Waals surface area contributed by atoms with Crippen LogP contribution in [0.3, 0.4) is 0 Å². The molecule has 1 N–H and O–H groups in total. The van der Waals surface area contributed by atoms with E-state index in [1.165, 1.54) is 11.8 Å². The first kappa shape index (κ1) is 12.1. The number of rotatable bonds is 6. The van der Waals surface area contributed by atoms with Gasteiger partial charge < -0.3 is 10.1 Å². The first-order chi connectivity index (χ1) is 8.31. The van der Waals surface area contributed by atoms with Crippen molar-refractivity contribution in [3.63, 3.8) is 0 Å². The Morgan fingerprint density at radius 1 is 1.53 bits per heavy atom. The molecule has 3 heteroatoms. The van der Waals surface area contributed by atoms with E-state index >= 15 is 0 Å². The van der Waals surface area contributed by atoms with Gasteiger partial charge in [0.1, 0.15) is 5.82 Å². The van der Waals surface area contributed by atoms with Crippen LogP contribution in [0.15, 0.2) is 31.0 Å². The summed E-state index contributed by atoms with van der Waals surface area (Å²) in [7, 11) is 0. The van der Waals surface area contributed by atoms with Gasteiger partial charge in [0.25, 0.3) is 0 Å². The van der Waals surface area contributed by atoms with Gasteiger partial charge in [-0.15, -0.1) is 0 Å². The van der Waals surface area contributed by atoms with E-state index in [1.807, 2.05) is 6.07 Å². The van der Waals surface area contributed by atoms with Crippen molar-refractivity contribution < 1.29 is 9.13 Å². The third-order valence-electron chi connectivity index (χ3n) is 3.13. The van der Waals surface area contributed by atoms with Gasteiger partial charge in [0.15, 0.2) is 0 Å². The van der Waals surface area contributed by atoms with Crippen LogP contribution in [0.4, 0.5) is 4.39 Å². The van der Waals surface area contributed by atoms with Crippen LogP contribution in [-0.2, 0) is 11.2 Å². The molecule has 1 atom stereocenters. The van der Waals surface area contributed by atoms with Crippen molar-refractivity contribution in [1.82, 2.24) is 5.32 Å². The van der Waals surface area contributed by atoms with Crippen LogP contribution < -0.4 is 5.32 Å². The molecule has 0 spiro atoms. The predicted molar refractivity (Wildman–Crippen MR) is 66.2 cm³/mol. The molecule has 0 aliphatic heterocycles. The van der Waals surface area contributed by atoms with Crippen molar-refractivity contribution in [1.29, 1.82) is 0 Å². The van der Waals surface area contributed by atoms with Crippen molar-refractivity contribution >= 4 is 0 Å². The van der Waals surface area contributed by atoms with Crippen molar-refractivity contribution in [3.8, 4) is 0 Å².